The average molecular weight is 347 g/mol. The van der Waals surface area contributed by atoms with Crippen molar-refractivity contribution in [2.24, 2.45) is 0 Å². The molecule has 0 N–H and O–H groups in total. The molecule has 2 aromatic carbocycles. The van der Waals surface area contributed by atoms with E-state index in [0.29, 0.717) is 29.1 Å². The van der Waals surface area contributed by atoms with Crippen molar-refractivity contribution < 1.29 is 14.3 Å². The van der Waals surface area contributed by atoms with Gasteiger partial charge in [0.2, 0.25) is 0 Å². The zero-order chi connectivity index (χ0) is 18.4. The van der Waals surface area contributed by atoms with Crippen molar-refractivity contribution >= 4 is 5.97 Å². The second-order valence-corrected chi connectivity index (χ2v) is 5.51. The van der Waals surface area contributed by atoms with E-state index >= 15 is 0 Å². The minimum absolute atomic E-state index is 0.292. The van der Waals surface area contributed by atoms with E-state index in [4.69, 9.17) is 14.7 Å². The topological polar surface area (TPSA) is 77.1 Å². The molecule has 130 valence electrons. The summed E-state index contributed by atoms with van der Waals surface area (Å²) in [6.07, 6.45) is 1.63. The van der Waals surface area contributed by atoms with Crippen molar-refractivity contribution in [1.29, 1.82) is 5.26 Å². The number of para-hydroxylation sites is 1. The zero-order valence-corrected chi connectivity index (χ0v) is 14.3. The van der Waals surface area contributed by atoms with Crippen LogP contribution in [0.5, 0.6) is 5.75 Å². The Morgan fingerprint density at radius 1 is 1.15 bits per heavy atom. The van der Waals surface area contributed by atoms with Crippen LogP contribution in [0.4, 0.5) is 0 Å². The number of carbonyl (C=O) groups excluding carboxylic acids is 1. The SMILES string of the molecule is COc1ccccc1-c1nn(Cc2ccccc2)cc1C(=O)OCC#N. The molecule has 0 unspecified atom stereocenters. The van der Waals surface area contributed by atoms with Gasteiger partial charge in [0.1, 0.15) is 23.1 Å². The highest BCUT2D eigenvalue weighted by Gasteiger charge is 2.21. The number of methoxy groups -OCH3 is 1. The van der Waals surface area contributed by atoms with Gasteiger partial charge < -0.3 is 9.47 Å². The predicted octanol–water partition coefficient (Wildman–Crippen LogP) is 3.29. The number of benzene rings is 2. The van der Waals surface area contributed by atoms with Crippen LogP contribution in [-0.4, -0.2) is 29.5 Å². The molecule has 0 aliphatic rings. The fraction of sp³-hybridized carbons (Fsp3) is 0.150. The minimum atomic E-state index is -0.591. The molecule has 0 spiro atoms. The summed E-state index contributed by atoms with van der Waals surface area (Å²) < 4.78 is 12.1. The van der Waals surface area contributed by atoms with Crippen molar-refractivity contribution in [1.82, 2.24) is 9.78 Å². The van der Waals surface area contributed by atoms with Gasteiger partial charge in [0.15, 0.2) is 6.61 Å². The highest BCUT2D eigenvalue weighted by atomic mass is 16.5. The summed E-state index contributed by atoms with van der Waals surface area (Å²) in [7, 11) is 1.56. The molecule has 0 fully saturated rings. The van der Waals surface area contributed by atoms with E-state index in [1.54, 1.807) is 30.1 Å². The molecule has 0 atom stereocenters. The Morgan fingerprint density at radius 2 is 1.88 bits per heavy atom. The first-order chi connectivity index (χ1) is 12.7. The van der Waals surface area contributed by atoms with Gasteiger partial charge in [-0.05, 0) is 17.7 Å². The summed E-state index contributed by atoms with van der Waals surface area (Å²) >= 11 is 0. The van der Waals surface area contributed by atoms with Crippen molar-refractivity contribution in [3.05, 3.63) is 71.9 Å². The highest BCUT2D eigenvalue weighted by molar-refractivity contribution is 5.96. The van der Waals surface area contributed by atoms with Gasteiger partial charge in [-0.2, -0.15) is 10.4 Å². The van der Waals surface area contributed by atoms with Crippen LogP contribution in [0.3, 0.4) is 0 Å². The molecule has 3 rings (SSSR count). The number of ether oxygens (including phenoxy) is 2. The first kappa shape index (κ1) is 17.2. The Bertz CT molecular complexity index is 942. The van der Waals surface area contributed by atoms with Crippen LogP contribution in [0.25, 0.3) is 11.3 Å². The number of rotatable bonds is 6. The summed E-state index contributed by atoms with van der Waals surface area (Å²) in [5.74, 6) is 0.0126. The van der Waals surface area contributed by atoms with Crippen LogP contribution in [0.2, 0.25) is 0 Å². The Balaban J connectivity index is 2.03. The predicted molar refractivity (Wildman–Crippen MR) is 95.7 cm³/mol. The van der Waals surface area contributed by atoms with Crippen molar-refractivity contribution in [3.63, 3.8) is 0 Å². The van der Waals surface area contributed by atoms with Gasteiger partial charge in [-0.1, -0.05) is 42.5 Å². The molecule has 0 saturated heterocycles. The molecule has 1 heterocycles. The van der Waals surface area contributed by atoms with Crippen LogP contribution >= 0.6 is 0 Å². The molecule has 6 nitrogen and oxygen atoms in total. The largest absolute Gasteiger partial charge is 0.496 e. The second-order valence-electron chi connectivity index (χ2n) is 5.51. The Labute approximate surface area is 151 Å². The second kappa shape index (κ2) is 7.99. The molecule has 6 heteroatoms. The minimum Gasteiger partial charge on any atom is -0.496 e. The first-order valence-corrected chi connectivity index (χ1v) is 8.01. The molecule has 0 aliphatic carbocycles. The molecule has 0 saturated carbocycles. The summed E-state index contributed by atoms with van der Waals surface area (Å²) in [6.45, 7) is 0.197. The number of esters is 1. The number of hydrogen-bond acceptors (Lipinski definition) is 5. The normalized spacial score (nSPS) is 10.2. The fourth-order valence-electron chi connectivity index (χ4n) is 2.64. The number of nitrogens with zero attached hydrogens (tertiary/aromatic N) is 3. The number of nitriles is 1. The maximum atomic E-state index is 12.4. The van der Waals surface area contributed by atoms with Gasteiger partial charge in [-0.3, -0.25) is 4.68 Å². The monoisotopic (exact) mass is 347 g/mol. The lowest BCUT2D eigenvalue weighted by Gasteiger charge is -2.07. The average Bonchev–Trinajstić information content (AvgIpc) is 3.10. The lowest BCUT2D eigenvalue weighted by Crippen LogP contribution is -2.06. The highest BCUT2D eigenvalue weighted by Crippen LogP contribution is 2.31. The van der Waals surface area contributed by atoms with Crippen LogP contribution in [0.15, 0.2) is 60.8 Å². The zero-order valence-electron chi connectivity index (χ0n) is 14.3. The first-order valence-electron chi connectivity index (χ1n) is 8.01. The molecule has 1 aromatic heterocycles. The molecular weight excluding hydrogens is 330 g/mol. The van der Waals surface area contributed by atoms with Gasteiger partial charge in [-0.25, -0.2) is 4.79 Å². The van der Waals surface area contributed by atoms with Crippen molar-refractivity contribution in [2.75, 3.05) is 13.7 Å². The quantitative estimate of drug-likeness (QED) is 0.640. The molecule has 0 amide bonds. The number of aromatic nitrogens is 2. The molecule has 0 radical (unpaired) electrons. The summed E-state index contributed by atoms with van der Waals surface area (Å²) in [5, 5.41) is 13.2. The smallest absolute Gasteiger partial charge is 0.343 e. The van der Waals surface area contributed by atoms with E-state index in [-0.39, 0.29) is 6.61 Å². The molecule has 0 bridgehead atoms. The van der Waals surface area contributed by atoms with E-state index < -0.39 is 5.97 Å². The number of carbonyl (C=O) groups is 1. The Morgan fingerprint density at radius 3 is 2.62 bits per heavy atom. The van der Waals surface area contributed by atoms with Gasteiger partial charge in [-0.15, -0.1) is 0 Å². The standard InChI is InChI=1S/C20H17N3O3/c1-25-18-10-6-5-9-16(18)19-17(20(24)26-12-11-21)14-23(22-19)13-15-7-3-2-4-8-15/h2-10,14H,12-13H2,1H3. The van der Waals surface area contributed by atoms with Gasteiger partial charge >= 0.3 is 5.97 Å². The van der Waals surface area contributed by atoms with E-state index in [1.807, 2.05) is 48.5 Å². The summed E-state index contributed by atoms with van der Waals surface area (Å²) in [6, 6.07) is 18.9. The Hall–Kier alpha value is -3.59. The third-order valence-corrected chi connectivity index (χ3v) is 3.80. The molecule has 26 heavy (non-hydrogen) atoms. The maximum Gasteiger partial charge on any atom is 0.343 e. The summed E-state index contributed by atoms with van der Waals surface area (Å²) in [4.78, 5) is 12.4. The van der Waals surface area contributed by atoms with Crippen LogP contribution < -0.4 is 4.74 Å². The van der Waals surface area contributed by atoms with Crippen molar-refractivity contribution in [3.8, 4) is 23.1 Å². The third kappa shape index (κ3) is 3.73. The van der Waals surface area contributed by atoms with Crippen LogP contribution in [-0.2, 0) is 11.3 Å². The molecule has 0 aliphatic heterocycles. The van der Waals surface area contributed by atoms with Gasteiger partial charge in [0, 0.05) is 11.8 Å². The van der Waals surface area contributed by atoms with Crippen LogP contribution in [0, 0.1) is 11.3 Å². The van der Waals surface area contributed by atoms with E-state index in [9.17, 15) is 4.79 Å². The fourth-order valence-corrected chi connectivity index (χ4v) is 2.64. The number of hydrogen-bond donors (Lipinski definition) is 0. The third-order valence-electron chi connectivity index (χ3n) is 3.80. The van der Waals surface area contributed by atoms with Gasteiger partial charge in [0.25, 0.3) is 0 Å². The Kier molecular flexibility index (Phi) is 5.30. The maximum absolute atomic E-state index is 12.4. The van der Waals surface area contributed by atoms with Crippen LogP contribution in [0.1, 0.15) is 15.9 Å². The van der Waals surface area contributed by atoms with E-state index in [0.717, 1.165) is 5.56 Å². The molecular formula is C20H17N3O3. The molecule has 3 aromatic rings. The van der Waals surface area contributed by atoms with Crippen molar-refractivity contribution in [2.45, 2.75) is 6.54 Å². The van der Waals surface area contributed by atoms with E-state index in [2.05, 4.69) is 5.10 Å². The van der Waals surface area contributed by atoms with E-state index in [1.165, 1.54) is 0 Å². The van der Waals surface area contributed by atoms with Gasteiger partial charge in [0.05, 0.1) is 13.7 Å². The summed E-state index contributed by atoms with van der Waals surface area (Å²) in [5.41, 5.74) is 2.49. The lowest BCUT2D eigenvalue weighted by atomic mass is 10.1. The lowest BCUT2D eigenvalue weighted by molar-refractivity contribution is 0.0555.